The van der Waals surface area contributed by atoms with E-state index in [0.717, 1.165) is 11.1 Å². The van der Waals surface area contributed by atoms with E-state index < -0.39 is 5.91 Å². The third-order valence-electron chi connectivity index (χ3n) is 4.14. The van der Waals surface area contributed by atoms with E-state index in [1.165, 1.54) is 6.08 Å². The summed E-state index contributed by atoms with van der Waals surface area (Å²) < 4.78 is 10.5. The van der Waals surface area contributed by atoms with Crippen LogP contribution >= 0.6 is 0 Å². The van der Waals surface area contributed by atoms with Crippen LogP contribution in [0.4, 0.5) is 0 Å². The number of carbonyl (C=O) groups is 2. The van der Waals surface area contributed by atoms with Crippen molar-refractivity contribution in [3.8, 4) is 11.5 Å². The smallest absolute Gasteiger partial charge is 0.269 e. The third kappa shape index (κ3) is 4.67. The lowest BCUT2D eigenvalue weighted by Crippen LogP contribution is -2.40. The largest absolute Gasteiger partial charge is 0.454 e. The van der Waals surface area contributed by atoms with Gasteiger partial charge in [0.15, 0.2) is 11.5 Å². The number of amides is 2. The van der Waals surface area contributed by atoms with Crippen LogP contribution in [0, 0.1) is 0 Å². The average molecular weight is 366 g/mol. The van der Waals surface area contributed by atoms with Crippen molar-refractivity contribution in [3.05, 3.63) is 65.2 Å². The highest BCUT2D eigenvalue weighted by molar-refractivity contribution is 5.98. The van der Waals surface area contributed by atoms with Gasteiger partial charge in [-0.1, -0.05) is 39.0 Å². The van der Waals surface area contributed by atoms with Gasteiger partial charge in [-0.25, -0.2) is 0 Å². The molecule has 0 atom stereocenters. The van der Waals surface area contributed by atoms with Crippen LogP contribution in [-0.2, 0) is 10.2 Å². The summed E-state index contributed by atoms with van der Waals surface area (Å²) in [6.07, 6.45) is 2.96. The SMILES string of the molecule is CC(C)(C)c1ccc(C(=O)NNC(=O)/C=C/c2ccc3c(c2)OCO3)cc1. The van der Waals surface area contributed by atoms with Crippen LogP contribution in [0.5, 0.6) is 11.5 Å². The van der Waals surface area contributed by atoms with Crippen molar-refractivity contribution in [3.63, 3.8) is 0 Å². The zero-order valence-electron chi connectivity index (χ0n) is 15.5. The first-order valence-corrected chi connectivity index (χ1v) is 8.61. The van der Waals surface area contributed by atoms with Crippen molar-refractivity contribution in [1.82, 2.24) is 10.9 Å². The van der Waals surface area contributed by atoms with E-state index in [-0.39, 0.29) is 18.1 Å². The molecule has 1 heterocycles. The van der Waals surface area contributed by atoms with E-state index in [2.05, 4.69) is 31.6 Å². The summed E-state index contributed by atoms with van der Waals surface area (Å²) in [6.45, 7) is 6.52. The topological polar surface area (TPSA) is 76.7 Å². The summed E-state index contributed by atoms with van der Waals surface area (Å²) in [4.78, 5) is 24.0. The van der Waals surface area contributed by atoms with E-state index in [1.807, 2.05) is 18.2 Å². The molecule has 6 nitrogen and oxygen atoms in total. The molecular weight excluding hydrogens is 344 g/mol. The molecule has 0 fully saturated rings. The van der Waals surface area contributed by atoms with Crippen LogP contribution < -0.4 is 20.3 Å². The number of benzene rings is 2. The zero-order valence-corrected chi connectivity index (χ0v) is 15.5. The molecule has 27 heavy (non-hydrogen) atoms. The first-order chi connectivity index (χ1) is 12.8. The fraction of sp³-hybridized carbons (Fsp3) is 0.238. The highest BCUT2D eigenvalue weighted by atomic mass is 16.7. The molecule has 0 radical (unpaired) electrons. The molecule has 1 aliphatic heterocycles. The van der Waals surface area contributed by atoms with Gasteiger partial charge < -0.3 is 9.47 Å². The quantitative estimate of drug-likeness (QED) is 0.646. The molecule has 2 N–H and O–H groups in total. The van der Waals surface area contributed by atoms with Crippen molar-refractivity contribution in [2.24, 2.45) is 0 Å². The molecule has 2 amide bonds. The second-order valence-corrected chi connectivity index (χ2v) is 7.22. The highest BCUT2D eigenvalue weighted by Crippen LogP contribution is 2.32. The van der Waals surface area contributed by atoms with Crippen LogP contribution in [-0.4, -0.2) is 18.6 Å². The first-order valence-electron chi connectivity index (χ1n) is 8.61. The minimum atomic E-state index is -0.438. The molecule has 140 valence electrons. The Kier molecular flexibility index (Phi) is 5.16. The van der Waals surface area contributed by atoms with Crippen LogP contribution in [0.1, 0.15) is 42.3 Å². The van der Waals surface area contributed by atoms with Gasteiger partial charge in [0, 0.05) is 11.6 Å². The maximum Gasteiger partial charge on any atom is 0.269 e. The van der Waals surface area contributed by atoms with Gasteiger partial charge in [0.2, 0.25) is 6.79 Å². The van der Waals surface area contributed by atoms with Gasteiger partial charge in [0.1, 0.15) is 0 Å². The Labute approximate surface area is 158 Å². The van der Waals surface area contributed by atoms with E-state index in [0.29, 0.717) is 17.1 Å². The fourth-order valence-electron chi connectivity index (χ4n) is 2.54. The number of nitrogens with one attached hydrogen (secondary N) is 2. The molecule has 0 unspecified atom stereocenters. The van der Waals surface area contributed by atoms with Crippen molar-refractivity contribution in [2.45, 2.75) is 26.2 Å². The van der Waals surface area contributed by atoms with E-state index in [9.17, 15) is 9.59 Å². The molecule has 2 aromatic carbocycles. The van der Waals surface area contributed by atoms with Crippen LogP contribution in [0.15, 0.2) is 48.5 Å². The van der Waals surface area contributed by atoms with Crippen molar-refractivity contribution >= 4 is 17.9 Å². The summed E-state index contributed by atoms with van der Waals surface area (Å²) in [7, 11) is 0. The van der Waals surface area contributed by atoms with Gasteiger partial charge in [0.25, 0.3) is 11.8 Å². The number of rotatable bonds is 3. The second kappa shape index (κ2) is 7.53. The summed E-state index contributed by atoms with van der Waals surface area (Å²) in [5, 5.41) is 0. The van der Waals surface area contributed by atoms with Crippen molar-refractivity contribution in [2.75, 3.05) is 6.79 Å². The molecule has 2 aromatic rings. The number of carbonyl (C=O) groups excluding carboxylic acids is 2. The zero-order chi connectivity index (χ0) is 19.4. The number of hydrogen-bond acceptors (Lipinski definition) is 4. The molecule has 1 aliphatic rings. The number of hydrazine groups is 1. The van der Waals surface area contributed by atoms with Gasteiger partial charge in [-0.2, -0.15) is 0 Å². The summed E-state index contributed by atoms with van der Waals surface area (Å²) in [5.41, 5.74) is 7.18. The maximum atomic E-state index is 12.1. The van der Waals surface area contributed by atoms with E-state index in [1.54, 1.807) is 30.3 Å². The minimum Gasteiger partial charge on any atom is -0.454 e. The Morgan fingerprint density at radius 3 is 2.37 bits per heavy atom. The number of hydrogen-bond donors (Lipinski definition) is 2. The molecule has 0 bridgehead atoms. The lowest BCUT2D eigenvalue weighted by Gasteiger charge is -2.19. The molecule has 0 aliphatic carbocycles. The molecule has 6 heteroatoms. The Morgan fingerprint density at radius 2 is 1.67 bits per heavy atom. The molecule has 0 spiro atoms. The number of ether oxygens (including phenoxy) is 2. The molecule has 0 aromatic heterocycles. The third-order valence-corrected chi connectivity index (χ3v) is 4.14. The normalized spacial score (nSPS) is 12.9. The molecule has 0 saturated heterocycles. The fourth-order valence-corrected chi connectivity index (χ4v) is 2.54. The summed E-state index contributed by atoms with van der Waals surface area (Å²) >= 11 is 0. The van der Waals surface area contributed by atoms with Gasteiger partial charge in [-0.15, -0.1) is 0 Å². The summed E-state index contributed by atoms with van der Waals surface area (Å²) in [5.74, 6) is 0.513. The van der Waals surface area contributed by atoms with Crippen LogP contribution in [0.25, 0.3) is 6.08 Å². The standard InChI is InChI=1S/C21H22N2O4/c1-21(2,3)16-8-6-15(7-9-16)20(25)23-22-19(24)11-5-14-4-10-17-18(12-14)27-13-26-17/h4-12H,13H2,1-3H3,(H,22,24)(H,23,25)/b11-5+. The lowest BCUT2D eigenvalue weighted by atomic mass is 9.87. The maximum absolute atomic E-state index is 12.1. The molecule has 0 saturated carbocycles. The predicted molar refractivity (Wildman–Crippen MR) is 102 cm³/mol. The van der Waals surface area contributed by atoms with E-state index >= 15 is 0 Å². The predicted octanol–water partition coefficient (Wildman–Crippen LogP) is 3.19. The van der Waals surface area contributed by atoms with Crippen molar-refractivity contribution in [1.29, 1.82) is 0 Å². The molecular formula is C21H22N2O4. The lowest BCUT2D eigenvalue weighted by molar-refractivity contribution is -0.117. The first kappa shape index (κ1) is 18.5. The monoisotopic (exact) mass is 366 g/mol. The van der Waals surface area contributed by atoms with Crippen LogP contribution in [0.3, 0.4) is 0 Å². The van der Waals surface area contributed by atoms with Gasteiger partial charge in [-0.05, 0) is 46.9 Å². The van der Waals surface area contributed by atoms with Gasteiger partial charge >= 0.3 is 0 Å². The second-order valence-electron chi connectivity index (χ2n) is 7.22. The molecule has 3 rings (SSSR count). The van der Waals surface area contributed by atoms with E-state index in [4.69, 9.17) is 9.47 Å². The Hall–Kier alpha value is -3.28. The highest BCUT2D eigenvalue weighted by Gasteiger charge is 2.15. The summed E-state index contributed by atoms with van der Waals surface area (Å²) in [6, 6.07) is 12.7. The Morgan fingerprint density at radius 1 is 0.963 bits per heavy atom. The minimum absolute atomic E-state index is 0.0166. The Balaban J connectivity index is 1.53. The van der Waals surface area contributed by atoms with Gasteiger partial charge in [0.05, 0.1) is 0 Å². The average Bonchev–Trinajstić information content (AvgIpc) is 3.11. The van der Waals surface area contributed by atoms with Crippen LogP contribution in [0.2, 0.25) is 0 Å². The number of fused-ring (bicyclic) bond motifs is 1. The Bertz CT molecular complexity index is 880. The van der Waals surface area contributed by atoms with Gasteiger partial charge in [-0.3, -0.25) is 20.4 Å². The van der Waals surface area contributed by atoms with Crippen molar-refractivity contribution < 1.29 is 19.1 Å².